The van der Waals surface area contributed by atoms with E-state index in [2.05, 4.69) is 15.0 Å². The van der Waals surface area contributed by atoms with E-state index < -0.39 is 30.7 Å². The maximum Gasteiger partial charge on any atom is 0.419 e. The fourth-order valence-corrected chi connectivity index (χ4v) is 4.14. The largest absolute Gasteiger partial charge is 0.478 e. The zero-order valence-corrected chi connectivity index (χ0v) is 22.9. The van der Waals surface area contributed by atoms with Gasteiger partial charge in [-0.05, 0) is 62.8 Å². The van der Waals surface area contributed by atoms with Crippen LogP contribution in [0.3, 0.4) is 0 Å². The minimum atomic E-state index is -1.34. The van der Waals surface area contributed by atoms with Crippen LogP contribution in [-0.4, -0.2) is 69.1 Å². The number of nitrogens with one attached hydrogen (secondary N) is 1. The number of amidine groups is 1. The van der Waals surface area contributed by atoms with Crippen LogP contribution in [0, 0.1) is 13.8 Å². The fraction of sp³-hybridized carbons (Fsp3) is 0.357. The average Bonchev–Trinajstić information content (AvgIpc) is 3.84. The first-order valence-corrected chi connectivity index (χ1v) is 13.0. The Morgan fingerprint density at radius 2 is 1.83 bits per heavy atom. The van der Waals surface area contributed by atoms with Crippen LogP contribution in [0.25, 0.3) is 0 Å². The highest BCUT2D eigenvalue weighted by atomic mass is 16.7. The summed E-state index contributed by atoms with van der Waals surface area (Å²) >= 11 is 0. The van der Waals surface area contributed by atoms with E-state index in [0.717, 1.165) is 23.3 Å². The molecule has 0 spiro atoms. The lowest BCUT2D eigenvalue weighted by Crippen LogP contribution is -2.39. The van der Waals surface area contributed by atoms with Gasteiger partial charge in [0.25, 0.3) is 11.8 Å². The van der Waals surface area contributed by atoms with Crippen LogP contribution >= 0.6 is 0 Å². The Kier molecular flexibility index (Phi) is 8.55. The first-order chi connectivity index (χ1) is 19.5. The molecule has 2 fully saturated rings. The Hall–Kier alpha value is -4.94. The van der Waals surface area contributed by atoms with Crippen LogP contribution in [0.5, 0.6) is 0 Å². The third-order valence-corrected chi connectivity index (χ3v) is 6.61. The lowest BCUT2D eigenvalue weighted by atomic mass is 10.1. The lowest BCUT2D eigenvalue weighted by Gasteiger charge is -2.19. The molecule has 2 saturated carbocycles. The molecule has 13 nitrogen and oxygen atoms in total. The molecule has 0 atom stereocenters. The number of carbonyl (C=O) groups excluding carboxylic acids is 4. The summed E-state index contributed by atoms with van der Waals surface area (Å²) in [7, 11) is 1.69. The van der Waals surface area contributed by atoms with Crippen LogP contribution in [-0.2, 0) is 26.1 Å². The van der Waals surface area contributed by atoms with Crippen LogP contribution in [0.4, 0.5) is 10.5 Å². The molecule has 0 saturated heterocycles. The SMILES string of the molecule is Cc1ccc(C(=O)NC2CC2)cc1N=C(N)c1c(C)c(C(=O)N(C(=O)OCOC(=O)/C=C/C(=O)O)C2CC2)cn1C. The Morgan fingerprint density at radius 3 is 2.46 bits per heavy atom. The number of rotatable bonds is 10. The number of carboxylic acid groups (broad SMARTS) is 1. The molecule has 0 bridgehead atoms. The van der Waals surface area contributed by atoms with Gasteiger partial charge in [-0.3, -0.25) is 9.59 Å². The van der Waals surface area contributed by atoms with Gasteiger partial charge < -0.3 is 30.2 Å². The third kappa shape index (κ3) is 7.18. The van der Waals surface area contributed by atoms with E-state index in [0.29, 0.717) is 47.5 Å². The van der Waals surface area contributed by atoms with Gasteiger partial charge in [0.15, 0.2) is 0 Å². The molecule has 2 aromatic rings. The van der Waals surface area contributed by atoms with E-state index in [1.807, 2.05) is 6.92 Å². The number of aromatic nitrogens is 1. The second-order valence-electron chi connectivity index (χ2n) is 9.94. The average molecular weight is 566 g/mol. The van der Waals surface area contributed by atoms with Gasteiger partial charge in [0.05, 0.1) is 16.9 Å². The topological polar surface area (TPSA) is 183 Å². The number of imide groups is 1. The highest BCUT2D eigenvalue weighted by Crippen LogP contribution is 2.31. The van der Waals surface area contributed by atoms with Crippen molar-refractivity contribution in [3.05, 3.63) is 64.5 Å². The number of ether oxygens (including phenoxy) is 2. The number of nitrogens with two attached hydrogens (primary N) is 1. The summed E-state index contributed by atoms with van der Waals surface area (Å²) in [6.07, 6.45) is 4.91. The summed E-state index contributed by atoms with van der Waals surface area (Å²) in [6, 6.07) is 5.02. The smallest absolute Gasteiger partial charge is 0.419 e. The van der Waals surface area contributed by atoms with Gasteiger partial charge in [-0.15, -0.1) is 0 Å². The molecule has 13 heteroatoms. The van der Waals surface area contributed by atoms with Crippen molar-refractivity contribution >= 4 is 41.4 Å². The van der Waals surface area contributed by atoms with Gasteiger partial charge in [-0.2, -0.15) is 0 Å². The Balaban J connectivity index is 1.51. The molecule has 0 radical (unpaired) electrons. The number of esters is 1. The summed E-state index contributed by atoms with van der Waals surface area (Å²) in [4.78, 5) is 66.3. The maximum atomic E-state index is 13.5. The minimum absolute atomic E-state index is 0.119. The van der Waals surface area contributed by atoms with Crippen molar-refractivity contribution in [2.24, 2.45) is 17.8 Å². The molecule has 3 amide bonds. The first-order valence-electron chi connectivity index (χ1n) is 13.0. The highest BCUT2D eigenvalue weighted by Gasteiger charge is 2.40. The van der Waals surface area contributed by atoms with Crippen molar-refractivity contribution in [3.63, 3.8) is 0 Å². The van der Waals surface area contributed by atoms with Crippen LogP contribution in [0.2, 0.25) is 0 Å². The van der Waals surface area contributed by atoms with Gasteiger partial charge in [0.1, 0.15) is 5.84 Å². The molecule has 4 rings (SSSR count). The lowest BCUT2D eigenvalue weighted by molar-refractivity contribution is -0.146. The van der Waals surface area contributed by atoms with Crippen LogP contribution < -0.4 is 11.1 Å². The Morgan fingerprint density at radius 1 is 1.12 bits per heavy atom. The molecule has 1 heterocycles. The van der Waals surface area contributed by atoms with Gasteiger partial charge >= 0.3 is 18.0 Å². The number of aliphatic carboxylic acids is 1. The number of benzene rings is 1. The van der Waals surface area contributed by atoms with E-state index in [-0.39, 0.29) is 29.4 Å². The molecule has 1 aromatic heterocycles. The predicted octanol–water partition coefficient (Wildman–Crippen LogP) is 2.45. The van der Waals surface area contributed by atoms with Crippen LogP contribution in [0.15, 0.2) is 41.5 Å². The molecule has 0 aliphatic heterocycles. The Bertz CT molecular complexity index is 1470. The second kappa shape index (κ2) is 12.1. The summed E-state index contributed by atoms with van der Waals surface area (Å²) < 4.78 is 11.2. The standard InChI is InChI=1S/C28H31N5O8/c1-15-4-5-17(26(37)30-18-6-7-18)12-21(15)31-25(29)24-16(2)20(13-32(24)3)27(38)33(19-8-9-19)28(39)41-14-40-23(36)11-10-22(34)35/h4-5,10-13,18-19H,6-9,14H2,1-3H3,(H2,29,31)(H,30,37)(H,34,35)/b11-10+. The summed E-state index contributed by atoms with van der Waals surface area (Å²) in [5.74, 6) is -3.03. The Labute approximate surface area is 235 Å². The minimum Gasteiger partial charge on any atom is -0.478 e. The monoisotopic (exact) mass is 565 g/mol. The number of carbonyl (C=O) groups is 5. The van der Waals surface area contributed by atoms with Gasteiger partial charge in [-0.1, -0.05) is 6.07 Å². The maximum absolute atomic E-state index is 13.5. The van der Waals surface area contributed by atoms with Gasteiger partial charge in [0, 0.05) is 43.0 Å². The van der Waals surface area contributed by atoms with Crippen molar-refractivity contribution in [3.8, 4) is 0 Å². The molecule has 2 aliphatic rings. The first kappa shape index (κ1) is 29.1. The quantitative estimate of drug-likeness (QED) is 0.128. The molecule has 216 valence electrons. The number of hydrogen-bond donors (Lipinski definition) is 3. The molecular formula is C28H31N5O8. The number of amides is 3. The second-order valence-corrected chi connectivity index (χ2v) is 9.94. The molecule has 41 heavy (non-hydrogen) atoms. The van der Waals surface area contributed by atoms with Gasteiger partial charge in [-0.25, -0.2) is 24.3 Å². The van der Waals surface area contributed by atoms with E-state index in [4.69, 9.17) is 15.6 Å². The molecule has 4 N–H and O–H groups in total. The van der Waals surface area contributed by atoms with E-state index in [1.165, 1.54) is 0 Å². The van der Waals surface area contributed by atoms with Crippen molar-refractivity contribution in [1.82, 2.24) is 14.8 Å². The number of aliphatic imine (C=N–C) groups is 1. The number of carboxylic acids is 1. The van der Waals surface area contributed by atoms with E-state index in [9.17, 15) is 24.0 Å². The van der Waals surface area contributed by atoms with Crippen molar-refractivity contribution in [2.45, 2.75) is 51.6 Å². The van der Waals surface area contributed by atoms with Crippen molar-refractivity contribution in [1.29, 1.82) is 0 Å². The molecular weight excluding hydrogens is 534 g/mol. The summed E-state index contributed by atoms with van der Waals surface area (Å²) in [5.41, 5.74) is 9.34. The zero-order valence-electron chi connectivity index (χ0n) is 22.9. The number of aryl methyl sites for hydroxylation is 2. The van der Waals surface area contributed by atoms with Crippen molar-refractivity contribution in [2.75, 3.05) is 6.79 Å². The molecule has 2 aliphatic carbocycles. The summed E-state index contributed by atoms with van der Waals surface area (Å²) in [6.45, 7) is 2.73. The zero-order chi connectivity index (χ0) is 29.8. The normalized spacial score (nSPS) is 15.0. The van der Waals surface area contributed by atoms with Crippen molar-refractivity contribution < 1.29 is 38.6 Å². The summed E-state index contributed by atoms with van der Waals surface area (Å²) in [5, 5.41) is 11.5. The third-order valence-electron chi connectivity index (χ3n) is 6.61. The fourth-order valence-electron chi connectivity index (χ4n) is 4.14. The van der Waals surface area contributed by atoms with Gasteiger partial charge in [0.2, 0.25) is 6.79 Å². The van der Waals surface area contributed by atoms with E-state index >= 15 is 0 Å². The number of nitrogens with zero attached hydrogens (tertiary/aromatic N) is 3. The molecule has 1 aromatic carbocycles. The molecule has 0 unspecified atom stereocenters. The van der Waals surface area contributed by atoms with E-state index in [1.54, 1.807) is 42.9 Å². The highest BCUT2D eigenvalue weighted by molar-refractivity contribution is 6.08. The number of hydrogen-bond acceptors (Lipinski definition) is 8. The van der Waals surface area contributed by atoms with Crippen LogP contribution in [0.1, 0.15) is 63.2 Å². The predicted molar refractivity (Wildman–Crippen MR) is 146 cm³/mol.